The highest BCUT2D eigenvalue weighted by Crippen LogP contribution is 2.30. The minimum absolute atomic E-state index is 0.233. The fourth-order valence-electron chi connectivity index (χ4n) is 2.19. The van der Waals surface area contributed by atoms with Gasteiger partial charge in [0, 0.05) is 6.07 Å². The number of benzene rings is 3. The normalized spacial score (nSPS) is 10.2. The predicted octanol–water partition coefficient (Wildman–Crippen LogP) is 4.95. The third-order valence-electron chi connectivity index (χ3n) is 3.54. The lowest BCUT2D eigenvalue weighted by atomic mass is 10.2. The van der Waals surface area contributed by atoms with E-state index in [9.17, 15) is 13.6 Å². The van der Waals surface area contributed by atoms with Crippen LogP contribution >= 0.6 is 0 Å². The van der Waals surface area contributed by atoms with Crippen LogP contribution in [0.4, 0.5) is 14.5 Å². The molecular formula is C20H15F2NO4. The molecule has 3 rings (SSSR count). The third kappa shape index (κ3) is 4.72. The van der Waals surface area contributed by atoms with Crippen molar-refractivity contribution in [2.45, 2.75) is 0 Å². The molecule has 0 spiro atoms. The van der Waals surface area contributed by atoms with E-state index in [0.717, 1.165) is 0 Å². The minimum Gasteiger partial charge on any atom is -0.465 e. The first-order chi connectivity index (χ1) is 13.0. The van der Waals surface area contributed by atoms with Crippen molar-refractivity contribution in [1.29, 1.82) is 0 Å². The summed E-state index contributed by atoms with van der Waals surface area (Å²) < 4.78 is 36.9. The molecule has 0 saturated carbocycles. The number of halogens is 2. The second-order valence-corrected chi connectivity index (χ2v) is 5.42. The van der Waals surface area contributed by atoms with E-state index >= 15 is 0 Å². The highest BCUT2D eigenvalue weighted by Gasteiger charge is 2.09. The Bertz CT molecular complexity index is 928. The molecule has 0 saturated heterocycles. The van der Waals surface area contributed by atoms with Crippen molar-refractivity contribution >= 4 is 11.7 Å². The number of nitrogens with one attached hydrogen (secondary N) is 1. The lowest BCUT2D eigenvalue weighted by Gasteiger charge is -2.14. The molecule has 1 N–H and O–H groups in total. The Morgan fingerprint density at radius 2 is 1.48 bits per heavy atom. The Labute approximate surface area is 154 Å². The van der Waals surface area contributed by atoms with E-state index in [0.29, 0.717) is 17.1 Å². The van der Waals surface area contributed by atoms with Gasteiger partial charge in [0.25, 0.3) is 0 Å². The van der Waals surface area contributed by atoms with E-state index < -0.39 is 17.6 Å². The van der Waals surface area contributed by atoms with Gasteiger partial charge in [0.2, 0.25) is 0 Å². The third-order valence-corrected chi connectivity index (χ3v) is 3.54. The lowest BCUT2D eigenvalue weighted by molar-refractivity contribution is 0.0600. The Morgan fingerprint density at radius 1 is 0.852 bits per heavy atom. The van der Waals surface area contributed by atoms with Gasteiger partial charge in [-0.05, 0) is 60.7 Å². The largest absolute Gasteiger partial charge is 0.465 e. The van der Waals surface area contributed by atoms with Gasteiger partial charge in [-0.2, -0.15) is 0 Å². The van der Waals surface area contributed by atoms with Crippen LogP contribution in [0.2, 0.25) is 0 Å². The van der Waals surface area contributed by atoms with Gasteiger partial charge in [0.1, 0.15) is 23.1 Å². The minimum atomic E-state index is -0.492. The number of methoxy groups -OCH3 is 1. The highest BCUT2D eigenvalue weighted by molar-refractivity contribution is 5.89. The van der Waals surface area contributed by atoms with E-state index in [1.807, 2.05) is 0 Å². The molecule has 0 amide bonds. The zero-order valence-electron chi connectivity index (χ0n) is 14.2. The summed E-state index contributed by atoms with van der Waals surface area (Å²) in [6.45, 7) is 0. The monoisotopic (exact) mass is 371 g/mol. The molecule has 0 unspecified atom stereocenters. The van der Waals surface area contributed by atoms with Gasteiger partial charge in [-0.1, -0.05) is 0 Å². The van der Waals surface area contributed by atoms with Gasteiger partial charge >= 0.3 is 5.97 Å². The maximum absolute atomic E-state index is 13.6. The molecule has 138 valence electrons. The molecule has 5 nitrogen and oxygen atoms in total. The van der Waals surface area contributed by atoms with Gasteiger partial charge < -0.3 is 14.3 Å². The summed E-state index contributed by atoms with van der Waals surface area (Å²) in [6.07, 6.45) is 0. The van der Waals surface area contributed by atoms with E-state index in [2.05, 4.69) is 10.2 Å². The molecule has 0 aromatic heterocycles. The van der Waals surface area contributed by atoms with Gasteiger partial charge in [-0.25, -0.2) is 19.1 Å². The van der Waals surface area contributed by atoms with Crippen LogP contribution in [-0.2, 0) is 4.74 Å². The van der Waals surface area contributed by atoms with E-state index in [4.69, 9.17) is 9.57 Å². The Hall–Kier alpha value is -3.61. The molecule has 0 aliphatic heterocycles. The van der Waals surface area contributed by atoms with Crippen LogP contribution in [-0.4, -0.2) is 13.1 Å². The SMILES string of the molecule is COC(=O)c1ccc(ONc2cc(F)ccc2Oc2ccc(F)cc2)cc1. The van der Waals surface area contributed by atoms with E-state index in [-0.39, 0.29) is 11.4 Å². The molecule has 0 radical (unpaired) electrons. The van der Waals surface area contributed by atoms with Crippen molar-refractivity contribution in [3.05, 3.63) is 83.9 Å². The topological polar surface area (TPSA) is 56.8 Å². The number of carbonyl (C=O) groups is 1. The van der Waals surface area contributed by atoms with Crippen LogP contribution in [0.15, 0.2) is 66.7 Å². The maximum Gasteiger partial charge on any atom is 0.337 e. The maximum atomic E-state index is 13.6. The smallest absolute Gasteiger partial charge is 0.337 e. The first-order valence-electron chi connectivity index (χ1n) is 7.89. The predicted molar refractivity (Wildman–Crippen MR) is 94.9 cm³/mol. The number of rotatable bonds is 6. The number of carbonyl (C=O) groups excluding carboxylic acids is 1. The number of anilines is 1. The fourth-order valence-corrected chi connectivity index (χ4v) is 2.19. The van der Waals surface area contributed by atoms with Gasteiger partial charge in [0.15, 0.2) is 11.5 Å². The summed E-state index contributed by atoms with van der Waals surface area (Å²) in [4.78, 5) is 16.8. The average Bonchev–Trinajstić information content (AvgIpc) is 2.69. The Balaban J connectivity index is 1.73. The van der Waals surface area contributed by atoms with Gasteiger partial charge in [-0.3, -0.25) is 0 Å². The molecule has 3 aromatic rings. The van der Waals surface area contributed by atoms with Crippen LogP contribution in [0.5, 0.6) is 17.2 Å². The summed E-state index contributed by atoms with van der Waals surface area (Å²) in [6, 6.07) is 15.4. The Kier molecular flexibility index (Phi) is 5.51. The summed E-state index contributed by atoms with van der Waals surface area (Å²) in [7, 11) is 1.29. The number of esters is 1. The molecule has 0 fully saturated rings. The van der Waals surface area contributed by atoms with Crippen LogP contribution in [0.3, 0.4) is 0 Å². The lowest BCUT2D eigenvalue weighted by Crippen LogP contribution is -2.07. The second-order valence-electron chi connectivity index (χ2n) is 5.42. The number of ether oxygens (including phenoxy) is 2. The highest BCUT2D eigenvalue weighted by atomic mass is 19.1. The average molecular weight is 371 g/mol. The molecule has 0 atom stereocenters. The first-order valence-corrected chi connectivity index (χ1v) is 7.89. The van der Waals surface area contributed by atoms with E-state index in [1.54, 1.807) is 12.1 Å². The number of hydrogen-bond acceptors (Lipinski definition) is 5. The molecule has 0 aliphatic rings. The quantitative estimate of drug-likeness (QED) is 0.491. The van der Waals surface area contributed by atoms with Crippen molar-refractivity contribution in [3.8, 4) is 17.2 Å². The zero-order valence-corrected chi connectivity index (χ0v) is 14.2. The van der Waals surface area contributed by atoms with Crippen molar-refractivity contribution in [3.63, 3.8) is 0 Å². The molecule has 0 aliphatic carbocycles. The van der Waals surface area contributed by atoms with Gasteiger partial charge in [-0.15, -0.1) is 0 Å². The summed E-state index contributed by atoms with van der Waals surface area (Å²) in [5.41, 5.74) is 3.21. The van der Waals surface area contributed by atoms with E-state index in [1.165, 1.54) is 61.7 Å². The van der Waals surface area contributed by atoms with Crippen molar-refractivity contribution in [2.24, 2.45) is 0 Å². The fraction of sp³-hybridized carbons (Fsp3) is 0.0500. The van der Waals surface area contributed by atoms with Crippen molar-refractivity contribution in [1.82, 2.24) is 0 Å². The van der Waals surface area contributed by atoms with Crippen LogP contribution < -0.4 is 15.1 Å². The molecule has 3 aromatic carbocycles. The van der Waals surface area contributed by atoms with Gasteiger partial charge in [0.05, 0.1) is 12.7 Å². The van der Waals surface area contributed by atoms with Crippen molar-refractivity contribution < 1.29 is 27.9 Å². The van der Waals surface area contributed by atoms with Crippen LogP contribution in [0, 0.1) is 11.6 Å². The molecule has 7 heteroatoms. The second kappa shape index (κ2) is 8.18. The summed E-state index contributed by atoms with van der Waals surface area (Å²) in [5.74, 6) is -0.288. The van der Waals surface area contributed by atoms with Crippen molar-refractivity contribution in [2.75, 3.05) is 12.6 Å². The summed E-state index contributed by atoms with van der Waals surface area (Å²) >= 11 is 0. The molecule has 0 heterocycles. The molecular weight excluding hydrogens is 356 g/mol. The molecule has 27 heavy (non-hydrogen) atoms. The van der Waals surface area contributed by atoms with Crippen LogP contribution in [0.25, 0.3) is 0 Å². The zero-order chi connectivity index (χ0) is 19.2. The van der Waals surface area contributed by atoms with Crippen LogP contribution in [0.1, 0.15) is 10.4 Å². The first kappa shape index (κ1) is 18.2. The number of hydrogen-bond donors (Lipinski definition) is 1. The summed E-state index contributed by atoms with van der Waals surface area (Å²) in [5, 5.41) is 0. The standard InChI is InChI=1S/C20H15F2NO4/c1-25-20(24)13-2-7-17(8-3-13)27-23-18-12-15(22)6-11-19(18)26-16-9-4-14(21)5-10-16/h2-12,23H,1H3. The Morgan fingerprint density at radius 3 is 2.15 bits per heavy atom. The molecule has 0 bridgehead atoms.